The SMILES string of the molecule is CN1CCCn2c1nc1c(c2=O)CCCN1. The van der Waals surface area contributed by atoms with Gasteiger partial charge in [0.25, 0.3) is 5.56 Å². The Morgan fingerprint density at radius 2 is 2.19 bits per heavy atom. The number of hydrogen-bond acceptors (Lipinski definition) is 4. The fourth-order valence-corrected chi connectivity index (χ4v) is 2.49. The summed E-state index contributed by atoms with van der Waals surface area (Å²) in [6.07, 6.45) is 2.91. The van der Waals surface area contributed by atoms with Gasteiger partial charge in [0.1, 0.15) is 5.82 Å². The molecule has 0 saturated heterocycles. The molecule has 3 rings (SSSR count). The van der Waals surface area contributed by atoms with Crippen LogP contribution in [-0.2, 0) is 13.0 Å². The maximum atomic E-state index is 12.3. The second-order valence-electron chi connectivity index (χ2n) is 4.50. The number of nitrogens with zero attached hydrogens (tertiary/aromatic N) is 3. The molecule has 0 bridgehead atoms. The van der Waals surface area contributed by atoms with Crippen molar-refractivity contribution in [3.05, 3.63) is 15.9 Å². The standard InChI is InChI=1S/C11H16N4O/c1-14-6-3-7-15-10(16)8-4-2-5-12-9(8)13-11(14)15/h12H,2-7H2,1H3. The van der Waals surface area contributed by atoms with Crippen molar-refractivity contribution in [1.29, 1.82) is 0 Å². The van der Waals surface area contributed by atoms with E-state index in [1.165, 1.54) is 0 Å². The highest BCUT2D eigenvalue weighted by Crippen LogP contribution is 2.22. The van der Waals surface area contributed by atoms with Crippen LogP contribution in [0.4, 0.5) is 11.8 Å². The van der Waals surface area contributed by atoms with E-state index in [4.69, 9.17) is 0 Å². The van der Waals surface area contributed by atoms with Crippen LogP contribution in [0.25, 0.3) is 0 Å². The van der Waals surface area contributed by atoms with Gasteiger partial charge in [0, 0.05) is 26.7 Å². The zero-order chi connectivity index (χ0) is 11.1. The third-order valence-corrected chi connectivity index (χ3v) is 3.36. The van der Waals surface area contributed by atoms with E-state index in [0.717, 1.165) is 56.2 Å². The minimum Gasteiger partial charge on any atom is -0.370 e. The molecule has 86 valence electrons. The Morgan fingerprint density at radius 3 is 3.06 bits per heavy atom. The van der Waals surface area contributed by atoms with Gasteiger partial charge in [0.05, 0.1) is 5.56 Å². The third kappa shape index (κ3) is 1.31. The van der Waals surface area contributed by atoms with E-state index in [1.807, 2.05) is 11.6 Å². The number of fused-ring (bicyclic) bond motifs is 2. The molecular formula is C11H16N4O. The van der Waals surface area contributed by atoms with Crippen molar-refractivity contribution < 1.29 is 0 Å². The molecule has 2 aliphatic heterocycles. The lowest BCUT2D eigenvalue weighted by Crippen LogP contribution is -2.39. The van der Waals surface area contributed by atoms with Gasteiger partial charge in [-0.2, -0.15) is 4.98 Å². The van der Waals surface area contributed by atoms with Crippen LogP contribution < -0.4 is 15.8 Å². The average Bonchev–Trinajstić information content (AvgIpc) is 2.31. The summed E-state index contributed by atoms with van der Waals surface area (Å²) in [5, 5.41) is 3.22. The third-order valence-electron chi connectivity index (χ3n) is 3.36. The predicted octanol–water partition coefficient (Wildman–Crippen LogP) is 0.441. The van der Waals surface area contributed by atoms with Crippen molar-refractivity contribution in [3.63, 3.8) is 0 Å². The van der Waals surface area contributed by atoms with E-state index in [-0.39, 0.29) is 5.56 Å². The molecule has 1 aromatic heterocycles. The minimum atomic E-state index is 0.152. The smallest absolute Gasteiger partial charge is 0.260 e. The van der Waals surface area contributed by atoms with Gasteiger partial charge in [-0.3, -0.25) is 9.36 Å². The van der Waals surface area contributed by atoms with Crippen LogP contribution in [0.2, 0.25) is 0 Å². The van der Waals surface area contributed by atoms with E-state index in [0.29, 0.717) is 0 Å². The number of hydrogen-bond donors (Lipinski definition) is 1. The monoisotopic (exact) mass is 220 g/mol. The Labute approximate surface area is 94.1 Å². The molecule has 3 heterocycles. The van der Waals surface area contributed by atoms with Gasteiger partial charge in [-0.25, -0.2) is 0 Å². The molecule has 0 fully saturated rings. The molecule has 2 aliphatic rings. The van der Waals surface area contributed by atoms with Crippen molar-refractivity contribution in [2.24, 2.45) is 0 Å². The molecule has 0 saturated carbocycles. The summed E-state index contributed by atoms with van der Waals surface area (Å²) in [4.78, 5) is 18.9. The van der Waals surface area contributed by atoms with Gasteiger partial charge in [-0.1, -0.05) is 0 Å². The molecule has 0 amide bonds. The van der Waals surface area contributed by atoms with Crippen molar-refractivity contribution >= 4 is 11.8 Å². The summed E-state index contributed by atoms with van der Waals surface area (Å²) in [5.74, 6) is 1.61. The molecular weight excluding hydrogens is 204 g/mol. The highest BCUT2D eigenvalue weighted by Gasteiger charge is 2.22. The Morgan fingerprint density at radius 1 is 1.31 bits per heavy atom. The maximum absolute atomic E-state index is 12.3. The minimum absolute atomic E-state index is 0.152. The molecule has 0 unspecified atom stereocenters. The molecule has 0 aromatic carbocycles. The van der Waals surface area contributed by atoms with Gasteiger partial charge in [-0.15, -0.1) is 0 Å². The van der Waals surface area contributed by atoms with Crippen LogP contribution in [0, 0.1) is 0 Å². The zero-order valence-electron chi connectivity index (χ0n) is 9.49. The van der Waals surface area contributed by atoms with E-state index in [1.54, 1.807) is 0 Å². The fraction of sp³-hybridized carbons (Fsp3) is 0.636. The highest BCUT2D eigenvalue weighted by molar-refractivity contribution is 5.50. The molecule has 0 aliphatic carbocycles. The normalized spacial score (nSPS) is 18.7. The Balaban J connectivity index is 2.22. The summed E-state index contributed by atoms with van der Waals surface area (Å²) in [6, 6.07) is 0. The molecule has 0 atom stereocenters. The lowest BCUT2D eigenvalue weighted by Gasteiger charge is -2.29. The first-order valence-corrected chi connectivity index (χ1v) is 5.86. The molecule has 16 heavy (non-hydrogen) atoms. The summed E-state index contributed by atoms with van der Waals surface area (Å²) in [5.41, 5.74) is 1.02. The van der Waals surface area contributed by atoms with E-state index in [9.17, 15) is 4.79 Å². The van der Waals surface area contributed by atoms with Gasteiger partial charge in [0.2, 0.25) is 5.95 Å². The molecule has 1 N–H and O–H groups in total. The van der Waals surface area contributed by atoms with Crippen LogP contribution in [-0.4, -0.2) is 29.7 Å². The first kappa shape index (κ1) is 9.69. The van der Waals surface area contributed by atoms with Crippen LogP contribution in [0.5, 0.6) is 0 Å². The highest BCUT2D eigenvalue weighted by atomic mass is 16.1. The van der Waals surface area contributed by atoms with Gasteiger partial charge in [-0.05, 0) is 19.3 Å². The maximum Gasteiger partial charge on any atom is 0.260 e. The average molecular weight is 220 g/mol. The quantitative estimate of drug-likeness (QED) is 0.689. The first-order chi connectivity index (χ1) is 7.77. The number of rotatable bonds is 0. The van der Waals surface area contributed by atoms with Crippen LogP contribution >= 0.6 is 0 Å². The van der Waals surface area contributed by atoms with Gasteiger partial charge in [0.15, 0.2) is 0 Å². The van der Waals surface area contributed by atoms with Gasteiger partial charge >= 0.3 is 0 Å². The van der Waals surface area contributed by atoms with Crippen LogP contribution in [0.3, 0.4) is 0 Å². The lowest BCUT2D eigenvalue weighted by atomic mass is 10.1. The zero-order valence-corrected chi connectivity index (χ0v) is 9.49. The first-order valence-electron chi connectivity index (χ1n) is 5.86. The van der Waals surface area contributed by atoms with Gasteiger partial charge < -0.3 is 10.2 Å². The Bertz CT molecular complexity index is 480. The van der Waals surface area contributed by atoms with Crippen molar-refractivity contribution in [1.82, 2.24) is 9.55 Å². The molecule has 0 spiro atoms. The van der Waals surface area contributed by atoms with Crippen molar-refractivity contribution in [2.45, 2.75) is 25.8 Å². The molecule has 5 heteroatoms. The lowest BCUT2D eigenvalue weighted by molar-refractivity contribution is 0.545. The topological polar surface area (TPSA) is 50.2 Å². The Hall–Kier alpha value is -1.52. The fourth-order valence-electron chi connectivity index (χ4n) is 2.49. The van der Waals surface area contributed by atoms with E-state index < -0.39 is 0 Å². The van der Waals surface area contributed by atoms with Crippen molar-refractivity contribution in [2.75, 3.05) is 30.4 Å². The van der Waals surface area contributed by atoms with E-state index in [2.05, 4.69) is 15.2 Å². The van der Waals surface area contributed by atoms with Crippen LogP contribution in [0.1, 0.15) is 18.4 Å². The Kier molecular flexibility index (Phi) is 2.12. The summed E-state index contributed by atoms with van der Waals surface area (Å²) in [7, 11) is 1.99. The summed E-state index contributed by atoms with van der Waals surface area (Å²) >= 11 is 0. The van der Waals surface area contributed by atoms with Crippen LogP contribution in [0.15, 0.2) is 4.79 Å². The second kappa shape index (κ2) is 3.50. The number of nitrogens with one attached hydrogen (secondary N) is 1. The second-order valence-corrected chi connectivity index (χ2v) is 4.50. The number of aromatic nitrogens is 2. The van der Waals surface area contributed by atoms with Crippen molar-refractivity contribution in [3.8, 4) is 0 Å². The summed E-state index contributed by atoms with van der Waals surface area (Å²) in [6.45, 7) is 2.70. The molecule has 1 aromatic rings. The molecule has 5 nitrogen and oxygen atoms in total. The number of anilines is 2. The largest absolute Gasteiger partial charge is 0.370 e. The molecule has 0 radical (unpaired) electrons. The predicted molar refractivity (Wildman–Crippen MR) is 63.2 cm³/mol. The van der Waals surface area contributed by atoms with E-state index >= 15 is 0 Å². The summed E-state index contributed by atoms with van der Waals surface area (Å²) < 4.78 is 1.81.